The van der Waals surface area contributed by atoms with Gasteiger partial charge in [0.1, 0.15) is 23.6 Å². The summed E-state index contributed by atoms with van der Waals surface area (Å²) in [6.45, 7) is 1.90. The molecule has 1 saturated heterocycles. The minimum Gasteiger partial charge on any atom is -0.497 e. The van der Waals surface area contributed by atoms with Crippen molar-refractivity contribution in [2.75, 3.05) is 39.6 Å². The number of thioether (sulfide) groups is 1. The van der Waals surface area contributed by atoms with E-state index < -0.39 is 23.2 Å². The molecule has 38 heavy (non-hydrogen) atoms. The van der Waals surface area contributed by atoms with Gasteiger partial charge in [0.05, 0.1) is 30.2 Å². The second-order valence-electron chi connectivity index (χ2n) is 9.45. The van der Waals surface area contributed by atoms with Gasteiger partial charge in [0.25, 0.3) is 0 Å². The van der Waals surface area contributed by atoms with Crippen LogP contribution in [0.1, 0.15) is 37.4 Å². The van der Waals surface area contributed by atoms with Crippen LogP contribution >= 0.6 is 23.4 Å². The van der Waals surface area contributed by atoms with E-state index >= 15 is 4.39 Å². The number of fused-ring (bicyclic) bond motifs is 1. The summed E-state index contributed by atoms with van der Waals surface area (Å²) in [5.41, 5.74) is 0.152. The highest BCUT2D eigenvalue weighted by molar-refractivity contribution is 7.99. The number of rotatable bonds is 10. The Labute approximate surface area is 229 Å². The Bertz CT molecular complexity index is 1290. The minimum atomic E-state index is -1.41. The summed E-state index contributed by atoms with van der Waals surface area (Å²) in [7, 11) is 2.89. The number of piperidine rings is 1. The second kappa shape index (κ2) is 12.6. The zero-order valence-electron chi connectivity index (χ0n) is 21.3. The van der Waals surface area contributed by atoms with Gasteiger partial charge in [-0.1, -0.05) is 11.6 Å². The quantitative estimate of drug-likeness (QED) is 0.194. The third-order valence-electron chi connectivity index (χ3n) is 7.25. The summed E-state index contributed by atoms with van der Waals surface area (Å²) in [5.74, 6) is -0.100. The average molecular weight is 567 g/mol. The average Bonchev–Trinajstić information content (AvgIpc) is 2.93. The molecular formula is C28H30ClF3N2O3S. The zero-order valence-corrected chi connectivity index (χ0v) is 22.9. The molecule has 0 unspecified atom stereocenters. The lowest BCUT2D eigenvalue weighted by atomic mass is 9.74. The lowest BCUT2D eigenvalue weighted by Crippen LogP contribution is -2.45. The van der Waals surface area contributed by atoms with E-state index in [9.17, 15) is 13.6 Å². The fourth-order valence-electron chi connectivity index (χ4n) is 5.01. The van der Waals surface area contributed by atoms with Gasteiger partial charge < -0.3 is 14.4 Å². The van der Waals surface area contributed by atoms with Crippen LogP contribution in [0.15, 0.2) is 47.5 Å². The van der Waals surface area contributed by atoms with Crippen LogP contribution in [0.25, 0.3) is 10.9 Å². The molecule has 0 radical (unpaired) electrons. The second-order valence-corrected chi connectivity index (χ2v) is 11.0. The van der Waals surface area contributed by atoms with Gasteiger partial charge in [-0.3, -0.25) is 9.78 Å². The van der Waals surface area contributed by atoms with Crippen LogP contribution in [0, 0.1) is 17.0 Å². The van der Waals surface area contributed by atoms with E-state index in [1.54, 1.807) is 18.2 Å². The first kappa shape index (κ1) is 28.5. The molecular weight excluding hydrogens is 537 g/mol. The molecule has 2 heterocycles. The number of aromatic nitrogens is 1. The first-order chi connectivity index (χ1) is 18.3. The summed E-state index contributed by atoms with van der Waals surface area (Å²) in [6.07, 6.45) is 1.48. The number of benzene rings is 2. The maximum atomic E-state index is 15.7. The number of hydrogen-bond acceptors (Lipinski definition) is 6. The fourth-order valence-corrected chi connectivity index (χ4v) is 6.25. The minimum absolute atomic E-state index is 0.0971. The Morgan fingerprint density at radius 1 is 1.18 bits per heavy atom. The predicted octanol–water partition coefficient (Wildman–Crippen LogP) is 7.01. The van der Waals surface area contributed by atoms with Gasteiger partial charge in [-0.15, -0.1) is 11.8 Å². The first-order valence-corrected chi connectivity index (χ1v) is 13.8. The summed E-state index contributed by atoms with van der Waals surface area (Å²) in [6, 6.07) is 8.65. The van der Waals surface area contributed by atoms with Crippen LogP contribution in [0.5, 0.6) is 5.75 Å². The topological polar surface area (TPSA) is 51.7 Å². The Kier molecular flexibility index (Phi) is 9.44. The summed E-state index contributed by atoms with van der Waals surface area (Å²) in [5, 5.41) is 0.811. The molecule has 4 rings (SSSR count). The molecule has 1 fully saturated rings. The number of carbonyl (C=O) groups is 1. The highest BCUT2D eigenvalue weighted by atomic mass is 35.5. The molecule has 0 aliphatic carbocycles. The van der Waals surface area contributed by atoms with Crippen LogP contribution < -0.4 is 4.74 Å². The Morgan fingerprint density at radius 2 is 1.95 bits per heavy atom. The molecule has 0 N–H and O–H groups in total. The highest BCUT2D eigenvalue weighted by Gasteiger charge is 2.42. The maximum Gasteiger partial charge on any atom is 0.311 e. The highest BCUT2D eigenvalue weighted by Crippen LogP contribution is 2.43. The van der Waals surface area contributed by atoms with Crippen molar-refractivity contribution >= 4 is 40.2 Å². The number of ether oxygens (including phenoxy) is 2. The Morgan fingerprint density at radius 3 is 2.66 bits per heavy atom. The van der Waals surface area contributed by atoms with Crippen molar-refractivity contribution in [1.82, 2.24) is 9.88 Å². The smallest absolute Gasteiger partial charge is 0.311 e. The SMILES string of the molecule is COC(=O)C1(CC[C@H](F)c2c(Cl)cnc3ccc(OC)cc23)CCN(CCSc2cc(F)ccc2F)CC1. The third kappa shape index (κ3) is 6.38. The van der Waals surface area contributed by atoms with Crippen LogP contribution in [0.3, 0.4) is 0 Å². The van der Waals surface area contributed by atoms with Gasteiger partial charge in [-0.2, -0.15) is 0 Å². The van der Waals surface area contributed by atoms with E-state index in [4.69, 9.17) is 21.1 Å². The van der Waals surface area contributed by atoms with Crippen molar-refractivity contribution < 1.29 is 27.4 Å². The molecule has 1 aliphatic heterocycles. The van der Waals surface area contributed by atoms with Crippen LogP contribution in [-0.4, -0.2) is 55.5 Å². The van der Waals surface area contributed by atoms with Crippen molar-refractivity contribution in [1.29, 1.82) is 0 Å². The van der Waals surface area contributed by atoms with Crippen molar-refractivity contribution in [3.05, 3.63) is 64.8 Å². The van der Waals surface area contributed by atoms with Gasteiger partial charge in [-0.25, -0.2) is 13.2 Å². The first-order valence-electron chi connectivity index (χ1n) is 12.4. The number of esters is 1. The van der Waals surface area contributed by atoms with Gasteiger partial charge in [0, 0.05) is 34.3 Å². The third-order valence-corrected chi connectivity index (χ3v) is 8.56. The number of halogens is 4. The van der Waals surface area contributed by atoms with Crippen molar-refractivity contribution in [2.45, 2.75) is 36.8 Å². The molecule has 1 atom stereocenters. The van der Waals surface area contributed by atoms with E-state index in [1.165, 1.54) is 38.2 Å². The number of hydrogen-bond donors (Lipinski definition) is 0. The summed E-state index contributed by atoms with van der Waals surface area (Å²) in [4.78, 5) is 19.6. The van der Waals surface area contributed by atoms with Gasteiger partial charge >= 0.3 is 5.97 Å². The number of methoxy groups -OCH3 is 2. The van der Waals surface area contributed by atoms with Gasteiger partial charge in [-0.05, 0) is 75.2 Å². The van der Waals surface area contributed by atoms with Crippen LogP contribution in [0.2, 0.25) is 5.02 Å². The van der Waals surface area contributed by atoms with Crippen molar-refractivity contribution in [2.24, 2.45) is 5.41 Å². The van der Waals surface area contributed by atoms with Gasteiger partial charge in [0.2, 0.25) is 0 Å². The summed E-state index contributed by atoms with van der Waals surface area (Å²) < 4.78 is 53.5. The van der Waals surface area contributed by atoms with Gasteiger partial charge in [0.15, 0.2) is 0 Å². The number of pyridine rings is 1. The number of alkyl halides is 1. The van der Waals surface area contributed by atoms with E-state index in [-0.39, 0.29) is 22.3 Å². The summed E-state index contributed by atoms with van der Waals surface area (Å²) >= 11 is 7.64. The molecule has 204 valence electrons. The maximum absolute atomic E-state index is 15.7. The van der Waals surface area contributed by atoms with Crippen molar-refractivity contribution in [3.63, 3.8) is 0 Å². The van der Waals surface area contributed by atoms with Crippen LogP contribution in [0.4, 0.5) is 13.2 Å². The molecule has 0 bridgehead atoms. The zero-order chi connectivity index (χ0) is 27.3. The molecule has 1 aliphatic rings. The lowest BCUT2D eigenvalue weighted by Gasteiger charge is -2.40. The normalized spacial score (nSPS) is 16.4. The largest absolute Gasteiger partial charge is 0.497 e. The van der Waals surface area contributed by atoms with E-state index in [0.717, 1.165) is 12.1 Å². The lowest BCUT2D eigenvalue weighted by molar-refractivity contribution is -0.156. The molecule has 3 aromatic rings. The molecule has 0 spiro atoms. The molecule has 1 aromatic heterocycles. The number of likely N-dealkylation sites (tertiary alicyclic amines) is 1. The molecule has 0 amide bonds. The van der Waals surface area contributed by atoms with Crippen molar-refractivity contribution in [3.8, 4) is 5.75 Å². The van der Waals surface area contributed by atoms with E-state index in [0.29, 0.717) is 66.9 Å². The number of nitrogens with zero attached hydrogens (tertiary/aromatic N) is 2. The molecule has 10 heteroatoms. The molecule has 5 nitrogen and oxygen atoms in total. The molecule has 2 aromatic carbocycles. The monoisotopic (exact) mass is 566 g/mol. The van der Waals surface area contributed by atoms with E-state index in [2.05, 4.69) is 9.88 Å². The van der Waals surface area contributed by atoms with E-state index in [1.807, 2.05) is 0 Å². The Balaban J connectivity index is 1.40. The standard InChI is InChI=1S/C28H30ClF3N2O3S/c1-36-19-4-6-24-20(16-19)26(21(29)17-33-24)23(32)7-8-28(27(35)37-2)9-11-34(12-10-28)13-14-38-25-15-18(30)3-5-22(25)31/h3-6,15-17,23H,7-14H2,1-2H3/t23-/m0/s1. The van der Waals surface area contributed by atoms with Crippen LogP contribution in [-0.2, 0) is 9.53 Å². The molecule has 0 saturated carbocycles. The fraction of sp³-hybridized carbons (Fsp3) is 0.429. The Hall–Kier alpha value is -2.49. The number of carbonyl (C=O) groups excluding carboxylic acids is 1. The predicted molar refractivity (Wildman–Crippen MR) is 144 cm³/mol.